The van der Waals surface area contributed by atoms with Gasteiger partial charge in [0, 0.05) is 27.2 Å². The minimum atomic E-state index is -0.224. The van der Waals surface area contributed by atoms with Gasteiger partial charge in [-0.25, -0.2) is 4.98 Å². The molecule has 4 heterocycles. The van der Waals surface area contributed by atoms with Crippen LogP contribution >= 0.6 is 0 Å². The lowest BCUT2D eigenvalue weighted by Crippen LogP contribution is -2.16. The number of aromatic nitrogens is 4. The highest BCUT2D eigenvalue weighted by Gasteiger charge is 2.40. The monoisotopic (exact) mass is 640 g/mol. The van der Waals surface area contributed by atoms with Crippen molar-refractivity contribution in [2.24, 2.45) is 0 Å². The SMILES string of the molecule is CC1(C)c2cccc(-n3c4ccccc4c4cc(-c5ccc6c(c5)c5ccccc5n6-c5ccccc5)ccc43)c2-n2c1nc1ccccc12. The van der Waals surface area contributed by atoms with E-state index >= 15 is 0 Å². The quantitative estimate of drug-likeness (QED) is 0.189. The Labute approximate surface area is 289 Å². The maximum absolute atomic E-state index is 5.16. The van der Waals surface area contributed by atoms with Crippen molar-refractivity contribution in [3.05, 3.63) is 169 Å². The van der Waals surface area contributed by atoms with Crippen LogP contribution in [0, 0.1) is 0 Å². The molecule has 0 unspecified atom stereocenters. The van der Waals surface area contributed by atoms with Crippen LogP contribution in [-0.2, 0) is 5.41 Å². The van der Waals surface area contributed by atoms with Crippen LogP contribution < -0.4 is 0 Å². The van der Waals surface area contributed by atoms with Crippen LogP contribution in [0.25, 0.3) is 82.8 Å². The summed E-state index contributed by atoms with van der Waals surface area (Å²) in [5.41, 5.74) is 14.1. The molecule has 0 bridgehead atoms. The van der Waals surface area contributed by atoms with E-state index in [2.05, 4.69) is 185 Å². The van der Waals surface area contributed by atoms with E-state index < -0.39 is 0 Å². The highest BCUT2D eigenvalue weighted by molar-refractivity contribution is 6.13. The normalized spacial score (nSPS) is 13.6. The van der Waals surface area contributed by atoms with Gasteiger partial charge in [0.05, 0.1) is 49.9 Å². The van der Waals surface area contributed by atoms with Crippen molar-refractivity contribution < 1.29 is 0 Å². The summed E-state index contributed by atoms with van der Waals surface area (Å²) in [4.78, 5) is 5.16. The number of benzene rings is 7. The van der Waals surface area contributed by atoms with Gasteiger partial charge in [0.15, 0.2) is 0 Å². The van der Waals surface area contributed by atoms with Crippen LogP contribution in [0.2, 0.25) is 0 Å². The minimum Gasteiger partial charge on any atom is -0.309 e. The van der Waals surface area contributed by atoms with Gasteiger partial charge in [0.2, 0.25) is 0 Å². The molecule has 0 aliphatic carbocycles. The fourth-order valence-corrected chi connectivity index (χ4v) is 8.66. The lowest BCUT2D eigenvalue weighted by molar-refractivity contribution is 0.621. The molecule has 4 heteroatoms. The summed E-state index contributed by atoms with van der Waals surface area (Å²) in [6.45, 7) is 4.60. The Morgan fingerprint density at radius 2 is 1.00 bits per heavy atom. The zero-order valence-corrected chi connectivity index (χ0v) is 27.8. The van der Waals surface area contributed by atoms with Gasteiger partial charge in [0.1, 0.15) is 5.82 Å². The molecule has 1 aliphatic heterocycles. The maximum Gasteiger partial charge on any atom is 0.124 e. The molecule has 236 valence electrons. The van der Waals surface area contributed by atoms with E-state index in [0.29, 0.717) is 0 Å². The average molecular weight is 641 g/mol. The first-order chi connectivity index (χ1) is 24.6. The smallest absolute Gasteiger partial charge is 0.124 e. The number of rotatable bonds is 3. The molecule has 0 fully saturated rings. The summed E-state index contributed by atoms with van der Waals surface area (Å²) in [5, 5.41) is 5.01. The van der Waals surface area contributed by atoms with Crippen molar-refractivity contribution in [1.82, 2.24) is 18.7 Å². The van der Waals surface area contributed by atoms with E-state index in [1.165, 1.54) is 77.4 Å². The van der Waals surface area contributed by atoms with Crippen molar-refractivity contribution >= 4 is 54.6 Å². The Morgan fingerprint density at radius 1 is 0.440 bits per heavy atom. The zero-order valence-electron chi connectivity index (χ0n) is 27.8. The second kappa shape index (κ2) is 9.83. The third-order valence-corrected chi connectivity index (χ3v) is 11.0. The van der Waals surface area contributed by atoms with Crippen LogP contribution in [0.4, 0.5) is 0 Å². The van der Waals surface area contributed by atoms with Gasteiger partial charge < -0.3 is 9.13 Å². The van der Waals surface area contributed by atoms with E-state index in [0.717, 1.165) is 16.9 Å². The molecular formula is C46H32N4. The molecule has 0 atom stereocenters. The minimum absolute atomic E-state index is 0.224. The molecule has 3 aromatic heterocycles. The lowest BCUT2D eigenvalue weighted by atomic mass is 9.85. The van der Waals surface area contributed by atoms with Gasteiger partial charge in [-0.3, -0.25) is 4.57 Å². The zero-order chi connectivity index (χ0) is 33.1. The first-order valence-corrected chi connectivity index (χ1v) is 17.3. The number of fused-ring (bicyclic) bond motifs is 11. The molecule has 0 amide bonds. The van der Waals surface area contributed by atoms with Crippen LogP contribution in [0.15, 0.2) is 158 Å². The molecular weight excluding hydrogens is 609 g/mol. The number of nitrogens with zero attached hydrogens (tertiary/aromatic N) is 4. The average Bonchev–Trinajstić information content (AvgIpc) is 3.87. The topological polar surface area (TPSA) is 27.7 Å². The van der Waals surface area contributed by atoms with Crippen molar-refractivity contribution in [2.75, 3.05) is 0 Å². The summed E-state index contributed by atoms with van der Waals surface area (Å²) >= 11 is 0. The Bertz CT molecular complexity index is 3010. The van der Waals surface area contributed by atoms with Crippen molar-refractivity contribution in [1.29, 1.82) is 0 Å². The fourth-order valence-electron chi connectivity index (χ4n) is 8.66. The van der Waals surface area contributed by atoms with Gasteiger partial charge >= 0.3 is 0 Å². The largest absolute Gasteiger partial charge is 0.309 e. The van der Waals surface area contributed by atoms with Gasteiger partial charge in [-0.2, -0.15) is 0 Å². The molecule has 0 radical (unpaired) electrons. The summed E-state index contributed by atoms with van der Waals surface area (Å²) in [7, 11) is 0. The lowest BCUT2D eigenvalue weighted by Gasteiger charge is -2.19. The third kappa shape index (κ3) is 3.57. The van der Waals surface area contributed by atoms with E-state index in [-0.39, 0.29) is 5.41 Å². The van der Waals surface area contributed by atoms with Crippen LogP contribution in [0.5, 0.6) is 0 Å². The molecule has 1 aliphatic rings. The van der Waals surface area contributed by atoms with Crippen LogP contribution in [0.1, 0.15) is 25.2 Å². The third-order valence-electron chi connectivity index (χ3n) is 11.0. The van der Waals surface area contributed by atoms with Gasteiger partial charge in [0.25, 0.3) is 0 Å². The summed E-state index contributed by atoms with van der Waals surface area (Å²) in [5.74, 6) is 1.09. The maximum atomic E-state index is 5.16. The second-order valence-electron chi connectivity index (χ2n) is 14.1. The molecule has 4 nitrogen and oxygen atoms in total. The molecule has 0 saturated carbocycles. The number of hydrogen-bond acceptors (Lipinski definition) is 1. The molecule has 0 saturated heterocycles. The van der Waals surface area contributed by atoms with Crippen molar-refractivity contribution in [3.63, 3.8) is 0 Å². The summed E-state index contributed by atoms with van der Waals surface area (Å²) in [6.07, 6.45) is 0. The van der Waals surface area contributed by atoms with Crippen LogP contribution in [-0.4, -0.2) is 18.7 Å². The first-order valence-electron chi connectivity index (χ1n) is 17.3. The Hall–Kier alpha value is -6.39. The van der Waals surface area contributed by atoms with E-state index in [1.807, 2.05) is 0 Å². The number of para-hydroxylation sites is 6. The molecule has 7 aromatic carbocycles. The molecule has 0 N–H and O–H groups in total. The number of imidazole rings is 1. The fraction of sp³-hybridized carbons (Fsp3) is 0.0652. The molecule has 50 heavy (non-hydrogen) atoms. The van der Waals surface area contributed by atoms with Gasteiger partial charge in [-0.15, -0.1) is 0 Å². The highest BCUT2D eigenvalue weighted by Crippen LogP contribution is 2.48. The van der Waals surface area contributed by atoms with Crippen molar-refractivity contribution in [3.8, 4) is 28.2 Å². The predicted molar refractivity (Wildman–Crippen MR) is 207 cm³/mol. The Morgan fingerprint density at radius 3 is 1.70 bits per heavy atom. The first kappa shape index (κ1) is 27.5. The van der Waals surface area contributed by atoms with E-state index in [9.17, 15) is 0 Å². The predicted octanol–water partition coefficient (Wildman–Crippen LogP) is 11.5. The van der Waals surface area contributed by atoms with Gasteiger partial charge in [-0.05, 0) is 97.3 Å². The van der Waals surface area contributed by atoms with Crippen LogP contribution in [0.3, 0.4) is 0 Å². The number of hydrogen-bond donors (Lipinski definition) is 0. The van der Waals surface area contributed by atoms with E-state index in [4.69, 9.17) is 4.98 Å². The Kier molecular flexibility index (Phi) is 5.42. The van der Waals surface area contributed by atoms with Crippen molar-refractivity contribution in [2.45, 2.75) is 19.3 Å². The second-order valence-corrected chi connectivity index (χ2v) is 14.1. The van der Waals surface area contributed by atoms with E-state index in [1.54, 1.807) is 0 Å². The molecule has 11 rings (SSSR count). The standard InChI is InChI=1S/C46H32N4/c1-46(2)36-17-12-22-43(44(36)50-42-21-11-8-18-37(42)47-45(46)50)49-39-20-10-7-16-33(39)35-28-30(24-26-41(35)49)29-23-25-40-34(27-29)32-15-6-9-19-38(32)48(40)31-13-4-3-5-14-31/h3-28H,1-2H3. The molecule has 10 aromatic rings. The van der Waals surface area contributed by atoms with Gasteiger partial charge in [-0.1, -0.05) is 91.0 Å². The molecule has 0 spiro atoms. The Balaban J connectivity index is 1.14. The summed E-state index contributed by atoms with van der Waals surface area (Å²) < 4.78 is 7.24. The highest BCUT2D eigenvalue weighted by atomic mass is 15.2. The summed E-state index contributed by atoms with van der Waals surface area (Å²) in [6, 6.07) is 57.4.